The van der Waals surface area contributed by atoms with Crippen molar-refractivity contribution in [3.8, 4) is 0 Å². The molecule has 0 aromatic carbocycles. The Bertz CT molecular complexity index is 256. The van der Waals surface area contributed by atoms with E-state index < -0.39 is 17.1 Å². The van der Waals surface area contributed by atoms with Crippen LogP contribution in [0.4, 0.5) is 4.39 Å². The van der Waals surface area contributed by atoms with Crippen molar-refractivity contribution in [2.45, 2.75) is 25.0 Å². The standard InChI is InChI=1S/C7H9BrFNO3/c1-13-7-3-5(9)4(8)2-6(7)10(11)12/h6-7H,2-3H2,1H3/t6-,7+/m0/s1. The van der Waals surface area contributed by atoms with Gasteiger partial charge in [0.25, 0.3) is 0 Å². The first-order valence-corrected chi connectivity index (χ1v) is 4.55. The second kappa shape index (κ2) is 4.15. The molecule has 0 unspecified atom stereocenters. The molecule has 0 radical (unpaired) electrons. The Morgan fingerprint density at radius 2 is 2.31 bits per heavy atom. The Labute approximate surface area is 83.0 Å². The summed E-state index contributed by atoms with van der Waals surface area (Å²) in [6.45, 7) is 0. The van der Waals surface area contributed by atoms with Crippen LogP contribution in [0.1, 0.15) is 12.8 Å². The van der Waals surface area contributed by atoms with Gasteiger partial charge >= 0.3 is 0 Å². The van der Waals surface area contributed by atoms with Crippen molar-refractivity contribution in [2.24, 2.45) is 0 Å². The van der Waals surface area contributed by atoms with E-state index >= 15 is 0 Å². The van der Waals surface area contributed by atoms with E-state index in [-0.39, 0.29) is 23.2 Å². The van der Waals surface area contributed by atoms with Crippen molar-refractivity contribution >= 4 is 15.9 Å². The van der Waals surface area contributed by atoms with Gasteiger partial charge in [-0.3, -0.25) is 10.1 Å². The van der Waals surface area contributed by atoms with Gasteiger partial charge in [0.2, 0.25) is 6.04 Å². The number of hydrogen-bond donors (Lipinski definition) is 0. The number of nitro groups is 1. The highest BCUT2D eigenvalue weighted by Crippen LogP contribution is 2.32. The molecule has 0 N–H and O–H groups in total. The van der Waals surface area contributed by atoms with Crippen LogP contribution in [-0.4, -0.2) is 24.2 Å². The third kappa shape index (κ3) is 2.25. The first-order valence-electron chi connectivity index (χ1n) is 3.75. The van der Waals surface area contributed by atoms with E-state index in [9.17, 15) is 14.5 Å². The monoisotopic (exact) mass is 253 g/mol. The fourth-order valence-corrected chi connectivity index (χ4v) is 1.79. The Kier molecular flexibility index (Phi) is 3.38. The number of halogens is 2. The lowest BCUT2D eigenvalue weighted by molar-refractivity contribution is -0.535. The van der Waals surface area contributed by atoms with E-state index in [2.05, 4.69) is 15.9 Å². The summed E-state index contributed by atoms with van der Waals surface area (Å²) in [6, 6.07) is -0.848. The summed E-state index contributed by atoms with van der Waals surface area (Å²) in [5, 5.41) is 10.5. The van der Waals surface area contributed by atoms with E-state index in [1.807, 2.05) is 0 Å². The van der Waals surface area contributed by atoms with Gasteiger partial charge in [0, 0.05) is 22.9 Å². The Hall–Kier alpha value is -0.490. The molecule has 4 nitrogen and oxygen atoms in total. The fraction of sp³-hybridized carbons (Fsp3) is 0.714. The van der Waals surface area contributed by atoms with Crippen LogP contribution < -0.4 is 0 Å². The average molecular weight is 254 g/mol. The minimum atomic E-state index is -0.848. The normalized spacial score (nSPS) is 29.2. The van der Waals surface area contributed by atoms with Gasteiger partial charge in [0.05, 0.1) is 6.42 Å². The van der Waals surface area contributed by atoms with E-state index in [0.717, 1.165) is 0 Å². The fourth-order valence-electron chi connectivity index (χ4n) is 1.30. The molecular formula is C7H9BrFNO3. The predicted molar refractivity (Wildman–Crippen MR) is 47.9 cm³/mol. The van der Waals surface area contributed by atoms with Crippen LogP contribution in [0.3, 0.4) is 0 Å². The summed E-state index contributed by atoms with van der Waals surface area (Å²) in [5.41, 5.74) is 0. The maximum atomic E-state index is 13.0. The molecule has 2 atom stereocenters. The molecular weight excluding hydrogens is 245 g/mol. The minimum absolute atomic E-state index is 0.0251. The molecule has 74 valence electrons. The molecule has 0 bridgehead atoms. The number of nitrogens with zero attached hydrogens (tertiary/aromatic N) is 1. The number of hydrogen-bond acceptors (Lipinski definition) is 3. The Balaban J connectivity index is 2.81. The maximum Gasteiger partial charge on any atom is 0.243 e. The van der Waals surface area contributed by atoms with Crippen molar-refractivity contribution in [1.82, 2.24) is 0 Å². The third-order valence-corrected chi connectivity index (χ3v) is 2.82. The molecule has 1 aliphatic rings. The molecule has 0 heterocycles. The van der Waals surface area contributed by atoms with Gasteiger partial charge in [0.15, 0.2) is 0 Å². The largest absolute Gasteiger partial charge is 0.374 e. The summed E-state index contributed by atoms with van der Waals surface area (Å²) >= 11 is 2.96. The molecule has 0 aromatic heterocycles. The zero-order chi connectivity index (χ0) is 10.0. The van der Waals surface area contributed by atoms with Crippen LogP contribution in [-0.2, 0) is 4.74 Å². The van der Waals surface area contributed by atoms with E-state index in [1.165, 1.54) is 7.11 Å². The summed E-state index contributed by atoms with van der Waals surface area (Å²) in [4.78, 5) is 10.1. The van der Waals surface area contributed by atoms with Crippen LogP contribution in [0.2, 0.25) is 0 Å². The molecule has 0 saturated heterocycles. The van der Waals surface area contributed by atoms with E-state index in [4.69, 9.17) is 4.74 Å². The SMILES string of the molecule is CO[C@@H]1CC(F)=C(Br)C[C@@H]1[N+](=O)[O-]. The molecule has 0 aliphatic heterocycles. The molecule has 0 fully saturated rings. The molecule has 1 rings (SSSR count). The molecule has 0 amide bonds. The molecule has 13 heavy (non-hydrogen) atoms. The second-order valence-corrected chi connectivity index (χ2v) is 3.80. The molecule has 0 saturated carbocycles. The van der Waals surface area contributed by atoms with Gasteiger partial charge in [-0.15, -0.1) is 0 Å². The van der Waals surface area contributed by atoms with Gasteiger partial charge in [-0.1, -0.05) is 15.9 Å². The summed E-state index contributed by atoms with van der Waals surface area (Å²) < 4.78 is 18.1. The molecule has 1 aliphatic carbocycles. The maximum absolute atomic E-state index is 13.0. The number of ether oxygens (including phenoxy) is 1. The highest BCUT2D eigenvalue weighted by Gasteiger charge is 2.37. The van der Waals surface area contributed by atoms with Gasteiger partial charge in [-0.2, -0.15) is 0 Å². The van der Waals surface area contributed by atoms with Crippen molar-refractivity contribution in [3.05, 3.63) is 20.4 Å². The lowest BCUT2D eigenvalue weighted by Crippen LogP contribution is -2.37. The first-order chi connectivity index (χ1) is 6.06. The van der Waals surface area contributed by atoms with Crippen molar-refractivity contribution in [2.75, 3.05) is 7.11 Å². The van der Waals surface area contributed by atoms with Crippen molar-refractivity contribution < 1.29 is 14.1 Å². The Morgan fingerprint density at radius 3 is 2.77 bits per heavy atom. The highest BCUT2D eigenvalue weighted by atomic mass is 79.9. The van der Waals surface area contributed by atoms with Crippen molar-refractivity contribution in [1.29, 1.82) is 0 Å². The van der Waals surface area contributed by atoms with Crippen LogP contribution in [0, 0.1) is 10.1 Å². The van der Waals surface area contributed by atoms with Gasteiger partial charge < -0.3 is 4.74 Å². The second-order valence-electron chi connectivity index (χ2n) is 2.84. The zero-order valence-electron chi connectivity index (χ0n) is 7.00. The van der Waals surface area contributed by atoms with Crippen molar-refractivity contribution in [3.63, 3.8) is 0 Å². The molecule has 6 heteroatoms. The number of rotatable bonds is 2. The van der Waals surface area contributed by atoms with Crippen LogP contribution in [0.25, 0.3) is 0 Å². The van der Waals surface area contributed by atoms with E-state index in [0.29, 0.717) is 0 Å². The van der Waals surface area contributed by atoms with E-state index in [1.54, 1.807) is 0 Å². The summed E-state index contributed by atoms with van der Waals surface area (Å²) in [7, 11) is 1.35. The zero-order valence-corrected chi connectivity index (χ0v) is 8.58. The quantitative estimate of drug-likeness (QED) is 0.559. The van der Waals surface area contributed by atoms with Crippen LogP contribution >= 0.6 is 15.9 Å². The van der Waals surface area contributed by atoms with Gasteiger partial charge in [-0.05, 0) is 0 Å². The van der Waals surface area contributed by atoms with Gasteiger partial charge in [-0.25, -0.2) is 4.39 Å². The lowest BCUT2D eigenvalue weighted by Gasteiger charge is -2.23. The highest BCUT2D eigenvalue weighted by molar-refractivity contribution is 9.11. The molecule has 0 aromatic rings. The smallest absolute Gasteiger partial charge is 0.243 e. The topological polar surface area (TPSA) is 52.4 Å². The predicted octanol–water partition coefficient (Wildman–Crippen LogP) is 2.02. The third-order valence-electron chi connectivity index (χ3n) is 2.07. The summed E-state index contributed by atoms with van der Waals surface area (Å²) in [5.74, 6) is -0.357. The lowest BCUT2D eigenvalue weighted by atomic mass is 9.98. The Morgan fingerprint density at radius 1 is 1.69 bits per heavy atom. The number of methoxy groups -OCH3 is 1. The van der Waals surface area contributed by atoms with Gasteiger partial charge in [0.1, 0.15) is 11.9 Å². The summed E-state index contributed by atoms with van der Waals surface area (Å²) in [6.07, 6.45) is -0.614. The first kappa shape index (κ1) is 10.6. The molecule has 0 spiro atoms. The average Bonchev–Trinajstić information content (AvgIpc) is 2.08. The van der Waals surface area contributed by atoms with Crippen LogP contribution in [0.15, 0.2) is 10.3 Å². The minimum Gasteiger partial charge on any atom is -0.374 e. The van der Waals surface area contributed by atoms with Crippen LogP contribution in [0.5, 0.6) is 0 Å².